The van der Waals surface area contributed by atoms with Crippen LogP contribution in [0.25, 0.3) is 0 Å². The fourth-order valence-corrected chi connectivity index (χ4v) is 0.213. The van der Waals surface area contributed by atoms with Gasteiger partial charge in [0, 0.05) is 6.92 Å². The third-order valence-electron chi connectivity index (χ3n) is 0.514. The van der Waals surface area contributed by atoms with Crippen molar-refractivity contribution in [1.82, 2.24) is 10.6 Å². The van der Waals surface area contributed by atoms with Crippen LogP contribution in [0.15, 0.2) is 0 Å². The Balaban J connectivity index is 2.82. The summed E-state index contributed by atoms with van der Waals surface area (Å²) >= 11 is 0. The van der Waals surface area contributed by atoms with Crippen molar-refractivity contribution in [3.05, 3.63) is 0 Å². The summed E-state index contributed by atoms with van der Waals surface area (Å²) < 4.78 is 0. The SMILES string of the molecule is CNCNC(C)=O. The van der Waals surface area contributed by atoms with Gasteiger partial charge in [-0.3, -0.25) is 4.79 Å². The van der Waals surface area contributed by atoms with Crippen molar-refractivity contribution in [2.45, 2.75) is 6.92 Å². The van der Waals surface area contributed by atoms with Gasteiger partial charge in [-0.25, -0.2) is 0 Å². The first kappa shape index (κ1) is 6.43. The van der Waals surface area contributed by atoms with Crippen LogP contribution in [0.3, 0.4) is 0 Å². The van der Waals surface area contributed by atoms with Gasteiger partial charge in [-0.2, -0.15) is 0 Å². The van der Waals surface area contributed by atoms with E-state index in [0.717, 1.165) is 0 Å². The number of hydrogen-bond acceptors (Lipinski definition) is 2. The third-order valence-corrected chi connectivity index (χ3v) is 0.514. The molecular formula is C4H10N2O. The third kappa shape index (κ3) is 5.43. The largest absolute Gasteiger partial charge is 0.344 e. The predicted molar refractivity (Wildman–Crippen MR) is 27.7 cm³/mol. The molecule has 0 spiro atoms. The lowest BCUT2D eigenvalue weighted by Gasteiger charge is -1.95. The lowest BCUT2D eigenvalue weighted by Crippen LogP contribution is -2.29. The Hall–Kier alpha value is -0.570. The number of hydrogen-bond donors (Lipinski definition) is 2. The van der Waals surface area contributed by atoms with E-state index in [9.17, 15) is 4.79 Å². The highest BCUT2D eigenvalue weighted by atomic mass is 16.1. The van der Waals surface area contributed by atoms with Gasteiger partial charge in [0.15, 0.2) is 0 Å². The summed E-state index contributed by atoms with van der Waals surface area (Å²) in [6.07, 6.45) is 0. The molecule has 0 atom stereocenters. The second kappa shape index (κ2) is 3.61. The Labute approximate surface area is 43.1 Å². The summed E-state index contributed by atoms with van der Waals surface area (Å²) in [6.45, 7) is 2.03. The molecule has 0 aromatic carbocycles. The van der Waals surface area contributed by atoms with Gasteiger partial charge in [0.25, 0.3) is 0 Å². The quantitative estimate of drug-likeness (QED) is 0.453. The molecule has 3 nitrogen and oxygen atoms in total. The topological polar surface area (TPSA) is 41.1 Å². The molecule has 0 saturated heterocycles. The van der Waals surface area contributed by atoms with Crippen LogP contribution in [0.1, 0.15) is 6.92 Å². The molecule has 0 fully saturated rings. The minimum atomic E-state index is -0.00523. The van der Waals surface area contributed by atoms with Crippen LogP contribution in [0, 0.1) is 0 Å². The number of rotatable bonds is 2. The highest BCUT2D eigenvalue weighted by Crippen LogP contribution is 1.52. The van der Waals surface area contributed by atoms with Crippen LogP contribution in [0.5, 0.6) is 0 Å². The zero-order valence-corrected chi connectivity index (χ0v) is 4.62. The van der Waals surface area contributed by atoms with Crippen molar-refractivity contribution in [3.8, 4) is 0 Å². The minimum Gasteiger partial charge on any atom is -0.344 e. The zero-order chi connectivity index (χ0) is 5.70. The molecule has 7 heavy (non-hydrogen) atoms. The first-order chi connectivity index (χ1) is 3.27. The van der Waals surface area contributed by atoms with Crippen LogP contribution in [0.4, 0.5) is 0 Å². The first-order valence-corrected chi connectivity index (χ1v) is 2.16. The summed E-state index contributed by atoms with van der Waals surface area (Å²) in [5, 5.41) is 5.31. The zero-order valence-electron chi connectivity index (χ0n) is 4.62. The maximum Gasteiger partial charge on any atom is 0.217 e. The Bertz CT molecular complexity index is 62.7. The van der Waals surface area contributed by atoms with Crippen molar-refractivity contribution in [2.75, 3.05) is 13.7 Å². The van der Waals surface area contributed by atoms with E-state index in [1.165, 1.54) is 6.92 Å². The summed E-state index contributed by atoms with van der Waals surface area (Å²) in [5.41, 5.74) is 0. The number of carbonyl (C=O) groups excluding carboxylic acids is 1. The lowest BCUT2D eigenvalue weighted by atomic mass is 10.7. The standard InChI is InChI=1S/C4H10N2O/c1-4(7)6-3-5-2/h5H,3H2,1-2H3,(H,6,7). The summed E-state index contributed by atoms with van der Waals surface area (Å²) in [5.74, 6) is -0.00523. The highest BCUT2D eigenvalue weighted by molar-refractivity contribution is 5.72. The van der Waals surface area contributed by atoms with E-state index >= 15 is 0 Å². The summed E-state index contributed by atoms with van der Waals surface area (Å²) in [7, 11) is 1.77. The smallest absolute Gasteiger partial charge is 0.217 e. The van der Waals surface area contributed by atoms with Crippen LogP contribution in [-0.4, -0.2) is 19.6 Å². The van der Waals surface area contributed by atoms with Gasteiger partial charge in [0.1, 0.15) is 0 Å². The number of carbonyl (C=O) groups is 1. The monoisotopic (exact) mass is 102 g/mol. The summed E-state index contributed by atoms with van der Waals surface area (Å²) in [6, 6.07) is 0. The Morgan fingerprint density at radius 3 is 2.43 bits per heavy atom. The molecule has 1 amide bonds. The predicted octanol–water partition coefficient (Wildman–Crippen LogP) is -0.701. The van der Waals surface area contributed by atoms with Crippen LogP contribution < -0.4 is 10.6 Å². The molecule has 0 aliphatic rings. The van der Waals surface area contributed by atoms with E-state index in [1.807, 2.05) is 0 Å². The van der Waals surface area contributed by atoms with Gasteiger partial charge in [-0.1, -0.05) is 0 Å². The molecule has 0 radical (unpaired) electrons. The second-order valence-electron chi connectivity index (χ2n) is 1.26. The molecule has 0 heterocycles. The lowest BCUT2D eigenvalue weighted by molar-refractivity contribution is -0.119. The van der Waals surface area contributed by atoms with E-state index in [0.29, 0.717) is 6.67 Å². The van der Waals surface area contributed by atoms with Gasteiger partial charge in [-0.05, 0) is 7.05 Å². The Morgan fingerprint density at radius 2 is 2.29 bits per heavy atom. The van der Waals surface area contributed by atoms with Crippen LogP contribution >= 0.6 is 0 Å². The molecule has 0 saturated carbocycles. The van der Waals surface area contributed by atoms with Crippen molar-refractivity contribution >= 4 is 5.91 Å². The molecule has 2 N–H and O–H groups in total. The van der Waals surface area contributed by atoms with E-state index in [2.05, 4.69) is 10.6 Å². The average Bonchev–Trinajstić information content (AvgIpc) is 1.61. The van der Waals surface area contributed by atoms with Crippen LogP contribution in [0.2, 0.25) is 0 Å². The normalized spacial score (nSPS) is 8.29. The first-order valence-electron chi connectivity index (χ1n) is 2.16. The maximum absolute atomic E-state index is 10.1. The van der Waals surface area contributed by atoms with Crippen molar-refractivity contribution in [3.63, 3.8) is 0 Å². The Morgan fingerprint density at radius 1 is 1.71 bits per heavy atom. The maximum atomic E-state index is 10.1. The van der Waals surface area contributed by atoms with Crippen molar-refractivity contribution in [1.29, 1.82) is 0 Å². The second-order valence-corrected chi connectivity index (χ2v) is 1.26. The van der Waals surface area contributed by atoms with E-state index < -0.39 is 0 Å². The molecule has 0 aliphatic heterocycles. The van der Waals surface area contributed by atoms with E-state index in [-0.39, 0.29) is 5.91 Å². The molecular weight excluding hydrogens is 92.1 g/mol. The van der Waals surface area contributed by atoms with Crippen molar-refractivity contribution < 1.29 is 4.79 Å². The van der Waals surface area contributed by atoms with Crippen LogP contribution in [-0.2, 0) is 4.79 Å². The molecule has 0 aliphatic carbocycles. The fourth-order valence-electron chi connectivity index (χ4n) is 0.213. The van der Waals surface area contributed by atoms with Crippen molar-refractivity contribution in [2.24, 2.45) is 0 Å². The van der Waals surface area contributed by atoms with Gasteiger partial charge in [-0.15, -0.1) is 0 Å². The molecule has 0 aromatic heterocycles. The molecule has 0 aromatic rings. The molecule has 0 unspecified atom stereocenters. The molecule has 3 heteroatoms. The fraction of sp³-hybridized carbons (Fsp3) is 0.750. The van der Waals surface area contributed by atoms with Gasteiger partial charge < -0.3 is 10.6 Å². The highest BCUT2D eigenvalue weighted by Gasteiger charge is 1.82. The molecule has 0 rings (SSSR count). The van der Waals surface area contributed by atoms with Gasteiger partial charge in [0.05, 0.1) is 6.67 Å². The molecule has 42 valence electrons. The van der Waals surface area contributed by atoms with E-state index in [1.54, 1.807) is 7.05 Å². The number of amides is 1. The summed E-state index contributed by atoms with van der Waals surface area (Å²) in [4.78, 5) is 10.1. The number of nitrogens with one attached hydrogen (secondary N) is 2. The Kier molecular flexibility index (Phi) is 3.32. The average molecular weight is 102 g/mol. The van der Waals surface area contributed by atoms with E-state index in [4.69, 9.17) is 0 Å². The minimum absolute atomic E-state index is 0.00523. The van der Waals surface area contributed by atoms with Gasteiger partial charge >= 0.3 is 0 Å². The van der Waals surface area contributed by atoms with Gasteiger partial charge in [0.2, 0.25) is 5.91 Å². The molecule has 0 bridgehead atoms.